The minimum atomic E-state index is 0.00199. The van der Waals surface area contributed by atoms with Gasteiger partial charge < -0.3 is 0 Å². The van der Waals surface area contributed by atoms with Gasteiger partial charge in [-0.25, -0.2) is 0 Å². The molecule has 0 aromatic heterocycles. The maximum Gasteiger partial charge on any atom is 0.159 e. The molecule has 0 fully saturated rings. The van der Waals surface area contributed by atoms with E-state index in [1.165, 1.54) is 0 Å². The van der Waals surface area contributed by atoms with Crippen molar-refractivity contribution in [3.05, 3.63) is 35.5 Å². The highest BCUT2D eigenvalue weighted by Gasteiger charge is 2.15. The van der Waals surface area contributed by atoms with Crippen LogP contribution < -0.4 is 0 Å². The molecule has 0 saturated carbocycles. The average molecular weight is 247 g/mol. The second-order valence-electron chi connectivity index (χ2n) is 5.76. The molecule has 0 N–H and O–H groups in total. The molecule has 0 aliphatic rings. The number of hydrogen-bond donors (Lipinski definition) is 0. The maximum atomic E-state index is 11.7. The molecule has 0 spiro atoms. The number of hydrogen-bond acceptors (Lipinski definition) is 2. The van der Waals surface area contributed by atoms with Gasteiger partial charge in [-0.2, -0.15) is 0 Å². The van der Waals surface area contributed by atoms with E-state index in [1.54, 1.807) is 13.1 Å². The van der Waals surface area contributed by atoms with Crippen molar-refractivity contribution >= 4 is 12.0 Å². The minimum absolute atomic E-state index is 0.00199. The van der Waals surface area contributed by atoms with Crippen LogP contribution in [0.2, 0.25) is 0 Å². The molecular formula is C16H25NO. The van der Waals surface area contributed by atoms with Gasteiger partial charge in [0, 0.05) is 19.7 Å². The summed E-state index contributed by atoms with van der Waals surface area (Å²) < 4.78 is 0. The van der Waals surface area contributed by atoms with E-state index < -0.39 is 0 Å². The van der Waals surface area contributed by atoms with E-state index in [1.807, 2.05) is 26.1 Å². The molecule has 0 aromatic carbocycles. The number of allylic oxidation sites excluding steroid dienone is 5. The van der Waals surface area contributed by atoms with E-state index in [0.717, 1.165) is 16.7 Å². The molecule has 2 heteroatoms. The van der Waals surface area contributed by atoms with Crippen molar-refractivity contribution in [1.82, 2.24) is 0 Å². The van der Waals surface area contributed by atoms with Crippen molar-refractivity contribution in [2.24, 2.45) is 10.4 Å². The van der Waals surface area contributed by atoms with Crippen LogP contribution in [-0.4, -0.2) is 19.0 Å². The summed E-state index contributed by atoms with van der Waals surface area (Å²) in [7, 11) is 1.75. The van der Waals surface area contributed by atoms with Gasteiger partial charge in [0.15, 0.2) is 5.78 Å². The van der Waals surface area contributed by atoms with Crippen molar-refractivity contribution in [3.63, 3.8) is 0 Å². The molecule has 2 nitrogen and oxygen atoms in total. The standard InChI is InChI=1S/C16H25NO/c1-12(2)8-15(18)10-13(3)9-14(11-17-7)16(4,5)6/h8-9,11H,3,10H2,1-2,4-7H3/b14-9+,17-11-. The molecule has 0 bridgehead atoms. The third kappa shape index (κ3) is 7.00. The number of carbonyl (C=O) groups excluding carboxylic acids is 1. The second-order valence-corrected chi connectivity index (χ2v) is 5.76. The Kier molecular flexibility index (Phi) is 6.53. The zero-order valence-corrected chi connectivity index (χ0v) is 12.5. The molecule has 0 aromatic rings. The van der Waals surface area contributed by atoms with Crippen molar-refractivity contribution in [2.45, 2.75) is 41.0 Å². The first kappa shape index (κ1) is 16.6. The molecule has 0 saturated heterocycles. The molecular weight excluding hydrogens is 222 g/mol. The van der Waals surface area contributed by atoms with Gasteiger partial charge in [0.2, 0.25) is 0 Å². The van der Waals surface area contributed by atoms with Gasteiger partial charge in [-0.1, -0.05) is 39.0 Å². The van der Waals surface area contributed by atoms with Crippen LogP contribution >= 0.6 is 0 Å². The lowest BCUT2D eigenvalue weighted by atomic mass is 9.85. The SMILES string of the molecule is C=C(/C=C(\C=N/C)C(C)(C)C)CC(=O)C=C(C)C. The number of carbonyl (C=O) groups is 1. The van der Waals surface area contributed by atoms with Gasteiger partial charge in [-0.05, 0) is 36.5 Å². The molecule has 0 radical (unpaired) electrons. The summed E-state index contributed by atoms with van der Waals surface area (Å²) in [5, 5.41) is 0. The quantitative estimate of drug-likeness (QED) is 0.408. The third-order valence-corrected chi connectivity index (χ3v) is 2.34. The van der Waals surface area contributed by atoms with Crippen LogP contribution in [0.3, 0.4) is 0 Å². The Labute approximate surface area is 111 Å². The minimum Gasteiger partial charge on any atom is -0.296 e. The lowest BCUT2D eigenvalue weighted by Crippen LogP contribution is -2.11. The fraction of sp³-hybridized carbons (Fsp3) is 0.500. The Morgan fingerprint density at radius 3 is 2.17 bits per heavy atom. The summed E-state index contributed by atoms with van der Waals surface area (Å²) in [5.41, 5.74) is 2.92. The zero-order valence-electron chi connectivity index (χ0n) is 12.5. The first-order chi connectivity index (χ1) is 8.16. The van der Waals surface area contributed by atoms with E-state index in [0.29, 0.717) is 6.42 Å². The number of nitrogens with zero attached hydrogens (tertiary/aromatic N) is 1. The van der Waals surface area contributed by atoms with E-state index in [4.69, 9.17) is 0 Å². The molecule has 0 unspecified atom stereocenters. The summed E-state index contributed by atoms with van der Waals surface area (Å²) >= 11 is 0. The normalized spacial score (nSPS) is 12.7. The molecule has 0 aliphatic heterocycles. The van der Waals surface area contributed by atoms with E-state index in [-0.39, 0.29) is 11.2 Å². The van der Waals surface area contributed by atoms with Crippen LogP contribution in [0.4, 0.5) is 0 Å². The zero-order chi connectivity index (χ0) is 14.3. The van der Waals surface area contributed by atoms with E-state index >= 15 is 0 Å². The Balaban J connectivity index is 4.89. The fourth-order valence-corrected chi connectivity index (χ4v) is 1.45. The van der Waals surface area contributed by atoms with E-state index in [9.17, 15) is 4.79 Å². The van der Waals surface area contributed by atoms with Gasteiger partial charge >= 0.3 is 0 Å². The van der Waals surface area contributed by atoms with Gasteiger partial charge in [0.25, 0.3) is 0 Å². The highest BCUT2D eigenvalue weighted by molar-refractivity contribution is 5.92. The van der Waals surface area contributed by atoms with Crippen molar-refractivity contribution in [3.8, 4) is 0 Å². The average Bonchev–Trinajstić information content (AvgIpc) is 2.13. The number of ketones is 1. The lowest BCUT2D eigenvalue weighted by Gasteiger charge is -2.20. The van der Waals surface area contributed by atoms with Crippen LogP contribution in [0.1, 0.15) is 41.0 Å². The maximum absolute atomic E-state index is 11.7. The van der Waals surface area contributed by atoms with Crippen LogP contribution in [0.25, 0.3) is 0 Å². The third-order valence-electron chi connectivity index (χ3n) is 2.34. The largest absolute Gasteiger partial charge is 0.296 e. The summed E-state index contributed by atoms with van der Waals surface area (Å²) in [5.74, 6) is 0.0953. The summed E-state index contributed by atoms with van der Waals surface area (Å²) in [6.07, 6.45) is 5.81. The van der Waals surface area contributed by atoms with E-state index in [2.05, 4.69) is 32.3 Å². The number of aliphatic imine (C=N–C) groups is 1. The molecule has 0 atom stereocenters. The molecule has 18 heavy (non-hydrogen) atoms. The summed E-state index contributed by atoms with van der Waals surface area (Å²) in [6, 6.07) is 0. The van der Waals surface area contributed by atoms with Gasteiger partial charge in [0.05, 0.1) is 0 Å². The summed E-state index contributed by atoms with van der Waals surface area (Å²) in [6.45, 7) is 14.1. The summed E-state index contributed by atoms with van der Waals surface area (Å²) in [4.78, 5) is 15.7. The fourth-order valence-electron chi connectivity index (χ4n) is 1.45. The van der Waals surface area contributed by atoms with Crippen LogP contribution in [-0.2, 0) is 4.79 Å². The monoisotopic (exact) mass is 247 g/mol. The molecule has 0 rings (SSSR count). The first-order valence-electron chi connectivity index (χ1n) is 6.16. The van der Waals surface area contributed by atoms with Gasteiger partial charge in [0.1, 0.15) is 0 Å². The van der Waals surface area contributed by atoms with Crippen molar-refractivity contribution < 1.29 is 4.79 Å². The number of rotatable bonds is 5. The molecule has 100 valence electrons. The highest BCUT2D eigenvalue weighted by Crippen LogP contribution is 2.25. The predicted molar refractivity (Wildman–Crippen MR) is 80.1 cm³/mol. The molecule has 0 aliphatic carbocycles. The van der Waals surface area contributed by atoms with Crippen molar-refractivity contribution in [1.29, 1.82) is 0 Å². The first-order valence-corrected chi connectivity index (χ1v) is 6.16. The topological polar surface area (TPSA) is 29.4 Å². The van der Waals surface area contributed by atoms with Crippen LogP contribution in [0.5, 0.6) is 0 Å². The molecule has 0 heterocycles. The Morgan fingerprint density at radius 2 is 1.78 bits per heavy atom. The Hall–Kier alpha value is -1.44. The highest BCUT2D eigenvalue weighted by atomic mass is 16.1. The Morgan fingerprint density at radius 1 is 1.22 bits per heavy atom. The second kappa shape index (κ2) is 7.10. The predicted octanol–water partition coefficient (Wildman–Crippen LogP) is 4.14. The lowest BCUT2D eigenvalue weighted by molar-refractivity contribution is -0.114. The van der Waals surface area contributed by atoms with Crippen LogP contribution in [0.15, 0.2) is 40.4 Å². The Bertz CT molecular complexity index is 399. The van der Waals surface area contributed by atoms with Crippen LogP contribution in [0, 0.1) is 5.41 Å². The van der Waals surface area contributed by atoms with Gasteiger partial charge in [-0.3, -0.25) is 9.79 Å². The van der Waals surface area contributed by atoms with Gasteiger partial charge in [-0.15, -0.1) is 0 Å². The molecule has 0 amide bonds. The smallest absolute Gasteiger partial charge is 0.159 e. The van der Waals surface area contributed by atoms with Crippen molar-refractivity contribution in [2.75, 3.05) is 7.05 Å².